The maximum atomic E-state index is 11.5. The lowest BCUT2D eigenvalue weighted by Crippen LogP contribution is -2.53. The van der Waals surface area contributed by atoms with E-state index in [0.717, 1.165) is 12.8 Å². The summed E-state index contributed by atoms with van der Waals surface area (Å²) in [6.07, 6.45) is 4.32. The van der Waals surface area contributed by atoms with Gasteiger partial charge in [-0.2, -0.15) is 0 Å². The molecule has 4 N–H and O–H groups in total. The highest BCUT2D eigenvalue weighted by Gasteiger charge is 2.47. The molecule has 98 valence electrons. The Morgan fingerprint density at radius 3 is 2.35 bits per heavy atom. The lowest BCUT2D eigenvalue weighted by atomic mass is 9.71. The van der Waals surface area contributed by atoms with Crippen LogP contribution in [0.5, 0.6) is 0 Å². The molecule has 0 fully saturated rings. The highest BCUT2D eigenvalue weighted by atomic mass is 16.4. The Morgan fingerprint density at radius 1 is 1.41 bits per heavy atom. The first-order chi connectivity index (χ1) is 7.97. The molecule has 17 heavy (non-hydrogen) atoms. The predicted octanol–water partition coefficient (Wildman–Crippen LogP) is 1.70. The molecule has 0 aliphatic carbocycles. The molecule has 0 rings (SSSR count). The second-order valence-corrected chi connectivity index (χ2v) is 4.24. The second kappa shape index (κ2) is 7.25. The zero-order chi connectivity index (χ0) is 13.5. The molecule has 0 heterocycles. The Kier molecular flexibility index (Phi) is 6.76. The van der Waals surface area contributed by atoms with Crippen LogP contribution in [0.25, 0.3) is 0 Å². The number of aliphatic hydroxyl groups excluding tert-OH is 1. The maximum Gasteiger partial charge on any atom is 0.314 e. The van der Waals surface area contributed by atoms with Gasteiger partial charge in [0.05, 0.1) is 6.10 Å². The lowest BCUT2D eigenvalue weighted by molar-refractivity contribution is -0.156. The number of hydrogen-bond donors (Lipinski definition) is 3. The maximum absolute atomic E-state index is 11.5. The molecule has 0 aliphatic rings. The number of carboxylic acids is 1. The highest BCUT2D eigenvalue weighted by Crippen LogP contribution is 2.34. The third kappa shape index (κ3) is 3.41. The molecule has 0 aliphatic heterocycles. The molecule has 0 amide bonds. The molecular weight excluding hydrogens is 218 g/mol. The van der Waals surface area contributed by atoms with E-state index in [-0.39, 0.29) is 0 Å². The van der Waals surface area contributed by atoms with Crippen LogP contribution in [0.3, 0.4) is 0 Å². The summed E-state index contributed by atoms with van der Waals surface area (Å²) >= 11 is 0. The van der Waals surface area contributed by atoms with Crippen LogP contribution in [0, 0.1) is 5.41 Å². The fourth-order valence-electron chi connectivity index (χ4n) is 1.98. The Labute approximate surface area is 103 Å². The first-order valence-electron chi connectivity index (χ1n) is 5.89. The zero-order valence-corrected chi connectivity index (χ0v) is 10.4. The Balaban J connectivity index is 5.16. The fourth-order valence-corrected chi connectivity index (χ4v) is 1.98. The summed E-state index contributed by atoms with van der Waals surface area (Å²) in [5.74, 6) is -1.10. The van der Waals surface area contributed by atoms with Crippen molar-refractivity contribution in [3.05, 3.63) is 25.3 Å². The molecule has 0 spiro atoms. The van der Waals surface area contributed by atoms with E-state index in [1.54, 1.807) is 0 Å². The fraction of sp³-hybridized carbons (Fsp3) is 0.615. The molecule has 0 saturated heterocycles. The monoisotopic (exact) mass is 241 g/mol. The van der Waals surface area contributed by atoms with Crippen molar-refractivity contribution < 1.29 is 15.0 Å². The molecule has 4 heteroatoms. The summed E-state index contributed by atoms with van der Waals surface area (Å²) in [5.41, 5.74) is 4.39. The summed E-state index contributed by atoms with van der Waals surface area (Å²) in [6, 6.07) is -0.801. The minimum absolute atomic E-state index is 0.316. The molecular formula is C13H23NO3. The van der Waals surface area contributed by atoms with E-state index in [4.69, 9.17) is 5.73 Å². The van der Waals surface area contributed by atoms with Crippen molar-refractivity contribution in [1.29, 1.82) is 0 Å². The quantitative estimate of drug-likeness (QED) is 0.424. The van der Waals surface area contributed by atoms with Crippen LogP contribution in [-0.2, 0) is 4.79 Å². The third-order valence-electron chi connectivity index (χ3n) is 3.19. The standard InChI is InChI=1S/C13H23NO3/c1-4-7-8-9-13(12(16)17,10(14)5-2)11(15)6-3/h5-6,10-11,15H,2-4,7-9,14H2,1H3,(H,16,17). The van der Waals surface area contributed by atoms with E-state index < -0.39 is 23.5 Å². The van der Waals surface area contributed by atoms with Crippen molar-refractivity contribution >= 4 is 5.97 Å². The van der Waals surface area contributed by atoms with Crippen LogP contribution in [0.15, 0.2) is 25.3 Å². The van der Waals surface area contributed by atoms with Gasteiger partial charge in [-0.3, -0.25) is 4.79 Å². The van der Waals surface area contributed by atoms with Gasteiger partial charge in [-0.1, -0.05) is 38.3 Å². The minimum Gasteiger partial charge on any atom is -0.481 e. The number of hydrogen-bond acceptors (Lipinski definition) is 3. The highest BCUT2D eigenvalue weighted by molar-refractivity contribution is 5.77. The van der Waals surface area contributed by atoms with E-state index >= 15 is 0 Å². The summed E-state index contributed by atoms with van der Waals surface area (Å²) in [4.78, 5) is 11.5. The van der Waals surface area contributed by atoms with Gasteiger partial charge in [0, 0.05) is 6.04 Å². The van der Waals surface area contributed by atoms with Gasteiger partial charge < -0.3 is 15.9 Å². The van der Waals surface area contributed by atoms with Crippen LogP contribution >= 0.6 is 0 Å². The van der Waals surface area contributed by atoms with E-state index in [9.17, 15) is 15.0 Å². The number of unbranched alkanes of at least 4 members (excludes halogenated alkanes) is 2. The molecule has 0 saturated carbocycles. The number of carboxylic acid groups (broad SMARTS) is 1. The molecule has 3 atom stereocenters. The first kappa shape index (κ1) is 15.9. The topological polar surface area (TPSA) is 83.6 Å². The Bertz CT molecular complexity index is 262. The van der Waals surface area contributed by atoms with Gasteiger partial charge in [0.25, 0.3) is 0 Å². The van der Waals surface area contributed by atoms with Crippen LogP contribution in [0.1, 0.15) is 32.6 Å². The molecule has 0 aromatic rings. The van der Waals surface area contributed by atoms with Gasteiger partial charge in [0.1, 0.15) is 5.41 Å². The average molecular weight is 241 g/mol. The van der Waals surface area contributed by atoms with Crippen molar-refractivity contribution in [3.8, 4) is 0 Å². The van der Waals surface area contributed by atoms with Gasteiger partial charge in [0.2, 0.25) is 0 Å². The van der Waals surface area contributed by atoms with Gasteiger partial charge >= 0.3 is 5.97 Å². The summed E-state index contributed by atoms with van der Waals surface area (Å²) in [6.45, 7) is 9.00. The van der Waals surface area contributed by atoms with Crippen molar-refractivity contribution in [2.45, 2.75) is 44.8 Å². The Morgan fingerprint density at radius 2 is 2.00 bits per heavy atom. The van der Waals surface area contributed by atoms with Crippen molar-refractivity contribution in [1.82, 2.24) is 0 Å². The van der Waals surface area contributed by atoms with Crippen molar-refractivity contribution in [2.75, 3.05) is 0 Å². The largest absolute Gasteiger partial charge is 0.481 e. The van der Waals surface area contributed by atoms with E-state index in [2.05, 4.69) is 13.2 Å². The summed E-state index contributed by atoms with van der Waals surface area (Å²) in [5, 5.41) is 19.3. The number of aliphatic hydroxyl groups is 1. The van der Waals surface area contributed by atoms with Gasteiger partial charge in [-0.15, -0.1) is 13.2 Å². The van der Waals surface area contributed by atoms with E-state index in [0.29, 0.717) is 12.8 Å². The number of aliphatic carboxylic acids is 1. The third-order valence-corrected chi connectivity index (χ3v) is 3.19. The second-order valence-electron chi connectivity index (χ2n) is 4.24. The number of nitrogens with two attached hydrogens (primary N) is 1. The van der Waals surface area contributed by atoms with Crippen molar-refractivity contribution in [3.63, 3.8) is 0 Å². The number of rotatable bonds is 9. The molecule has 4 nitrogen and oxygen atoms in total. The van der Waals surface area contributed by atoms with Gasteiger partial charge in [-0.25, -0.2) is 0 Å². The smallest absolute Gasteiger partial charge is 0.314 e. The molecule has 3 unspecified atom stereocenters. The van der Waals surface area contributed by atoms with Crippen molar-refractivity contribution in [2.24, 2.45) is 11.1 Å². The molecule has 0 bridgehead atoms. The predicted molar refractivity (Wildman–Crippen MR) is 68.6 cm³/mol. The molecule has 0 aromatic carbocycles. The van der Waals surface area contributed by atoms with Crippen LogP contribution in [-0.4, -0.2) is 28.3 Å². The summed E-state index contributed by atoms with van der Waals surface area (Å²) < 4.78 is 0. The lowest BCUT2D eigenvalue weighted by Gasteiger charge is -2.36. The van der Waals surface area contributed by atoms with E-state index in [1.165, 1.54) is 12.2 Å². The van der Waals surface area contributed by atoms with Gasteiger partial charge in [-0.05, 0) is 6.42 Å². The molecule has 0 radical (unpaired) electrons. The first-order valence-corrected chi connectivity index (χ1v) is 5.89. The van der Waals surface area contributed by atoms with E-state index in [1.807, 2.05) is 6.92 Å². The molecule has 0 aromatic heterocycles. The zero-order valence-electron chi connectivity index (χ0n) is 10.4. The van der Waals surface area contributed by atoms with Crippen LogP contribution in [0.4, 0.5) is 0 Å². The van der Waals surface area contributed by atoms with Crippen LogP contribution in [0.2, 0.25) is 0 Å². The Hall–Kier alpha value is -1.13. The van der Waals surface area contributed by atoms with Gasteiger partial charge in [0.15, 0.2) is 0 Å². The SMILES string of the molecule is C=CC(N)C(CCCCC)(C(=O)O)C(O)C=C. The minimum atomic E-state index is -1.42. The average Bonchev–Trinajstić information content (AvgIpc) is 2.32. The normalized spacial score (nSPS) is 17.8. The number of carbonyl (C=O) groups is 1. The summed E-state index contributed by atoms with van der Waals surface area (Å²) in [7, 11) is 0. The van der Waals surface area contributed by atoms with Crippen LogP contribution < -0.4 is 5.73 Å².